The third kappa shape index (κ3) is 5.53. The van der Waals surface area contributed by atoms with Crippen molar-refractivity contribution in [2.45, 2.75) is 0 Å². The Balaban J connectivity index is 1.10. The third-order valence-electron chi connectivity index (χ3n) is 10.6. The standard InChI is InChI=1S/C52H36N2/c1-3-14-37(15-4-1)38-28-30-39(31-29-38)40-32-34-44(35-33-40)53(49-26-12-17-41-16-7-8-22-46(41)49)45-21-11-18-42(36-45)47-24-13-27-51-52(47)48-23-9-10-25-50(48)54(51)43-19-5-2-6-20-43/h1-36H. The molecule has 1 heterocycles. The van der Waals surface area contributed by atoms with Crippen molar-refractivity contribution in [1.29, 1.82) is 0 Å². The molecule has 0 aliphatic carbocycles. The van der Waals surface area contributed by atoms with Gasteiger partial charge in [-0.2, -0.15) is 0 Å². The number of hydrogen-bond acceptors (Lipinski definition) is 1. The highest BCUT2D eigenvalue weighted by Crippen LogP contribution is 2.43. The number of anilines is 3. The molecule has 2 heteroatoms. The third-order valence-corrected chi connectivity index (χ3v) is 10.6. The summed E-state index contributed by atoms with van der Waals surface area (Å²) in [5, 5.41) is 4.92. The van der Waals surface area contributed by atoms with Gasteiger partial charge >= 0.3 is 0 Å². The van der Waals surface area contributed by atoms with Gasteiger partial charge in [0.05, 0.1) is 16.7 Å². The lowest BCUT2D eigenvalue weighted by Crippen LogP contribution is -2.10. The highest BCUT2D eigenvalue weighted by atomic mass is 15.1. The lowest BCUT2D eigenvalue weighted by Gasteiger charge is -2.27. The average Bonchev–Trinajstić information content (AvgIpc) is 3.60. The molecule has 10 rings (SSSR count). The highest BCUT2D eigenvalue weighted by Gasteiger charge is 2.19. The first kappa shape index (κ1) is 31.6. The minimum Gasteiger partial charge on any atom is -0.310 e. The highest BCUT2D eigenvalue weighted by molar-refractivity contribution is 6.16. The van der Waals surface area contributed by atoms with E-state index in [-0.39, 0.29) is 0 Å². The molecule has 0 aliphatic rings. The molecule has 0 amide bonds. The molecule has 0 N–H and O–H groups in total. The second-order valence-corrected chi connectivity index (χ2v) is 13.8. The van der Waals surface area contributed by atoms with Crippen LogP contribution in [0.3, 0.4) is 0 Å². The molecule has 254 valence electrons. The van der Waals surface area contributed by atoms with E-state index in [2.05, 4.69) is 228 Å². The molecular weight excluding hydrogens is 653 g/mol. The van der Waals surface area contributed by atoms with Crippen LogP contribution in [0.5, 0.6) is 0 Å². The summed E-state index contributed by atoms with van der Waals surface area (Å²) in [4.78, 5) is 2.40. The van der Waals surface area contributed by atoms with Gasteiger partial charge in [-0.15, -0.1) is 0 Å². The molecule has 0 aliphatic heterocycles. The van der Waals surface area contributed by atoms with Crippen molar-refractivity contribution in [3.8, 4) is 39.1 Å². The number of benzene rings is 9. The molecule has 0 atom stereocenters. The van der Waals surface area contributed by atoms with E-state index in [0.717, 1.165) is 22.7 Å². The van der Waals surface area contributed by atoms with Crippen LogP contribution in [0, 0.1) is 0 Å². The number of fused-ring (bicyclic) bond motifs is 4. The van der Waals surface area contributed by atoms with Crippen molar-refractivity contribution >= 4 is 49.6 Å². The number of nitrogens with zero attached hydrogens (tertiary/aromatic N) is 2. The molecule has 0 unspecified atom stereocenters. The zero-order valence-electron chi connectivity index (χ0n) is 29.7. The van der Waals surface area contributed by atoms with Crippen LogP contribution in [-0.2, 0) is 0 Å². The fourth-order valence-electron chi connectivity index (χ4n) is 8.05. The number of rotatable bonds is 7. The summed E-state index contributed by atoms with van der Waals surface area (Å²) in [6, 6.07) is 78.8. The minimum atomic E-state index is 1.10. The van der Waals surface area contributed by atoms with Crippen molar-refractivity contribution in [2.75, 3.05) is 4.90 Å². The maximum atomic E-state index is 2.40. The predicted octanol–water partition coefficient (Wildman–Crippen LogP) is 14.4. The Hall–Kier alpha value is -7.16. The fraction of sp³-hybridized carbons (Fsp3) is 0. The topological polar surface area (TPSA) is 8.17 Å². The number of hydrogen-bond donors (Lipinski definition) is 0. The Bertz CT molecular complexity index is 2900. The van der Waals surface area contributed by atoms with Gasteiger partial charge in [0.2, 0.25) is 0 Å². The number of aromatic nitrogens is 1. The van der Waals surface area contributed by atoms with E-state index in [1.54, 1.807) is 0 Å². The zero-order chi connectivity index (χ0) is 35.8. The van der Waals surface area contributed by atoms with Gasteiger partial charge in [0.25, 0.3) is 0 Å². The summed E-state index contributed by atoms with van der Waals surface area (Å²) in [6.45, 7) is 0. The molecule has 54 heavy (non-hydrogen) atoms. The summed E-state index contributed by atoms with van der Waals surface area (Å²) < 4.78 is 2.39. The first-order valence-corrected chi connectivity index (χ1v) is 18.5. The Kier molecular flexibility index (Phi) is 7.85. The first-order valence-electron chi connectivity index (χ1n) is 18.5. The summed E-state index contributed by atoms with van der Waals surface area (Å²) in [5.74, 6) is 0. The lowest BCUT2D eigenvalue weighted by molar-refractivity contribution is 1.18. The Morgan fingerprint density at radius 1 is 0.333 bits per heavy atom. The molecule has 0 fully saturated rings. The van der Waals surface area contributed by atoms with Crippen LogP contribution in [-0.4, -0.2) is 4.57 Å². The van der Waals surface area contributed by atoms with Gasteiger partial charge in [-0.25, -0.2) is 0 Å². The van der Waals surface area contributed by atoms with E-state index in [4.69, 9.17) is 0 Å². The molecule has 2 nitrogen and oxygen atoms in total. The maximum absolute atomic E-state index is 2.40. The van der Waals surface area contributed by atoms with Crippen LogP contribution >= 0.6 is 0 Å². The summed E-state index contributed by atoms with van der Waals surface area (Å²) in [6.07, 6.45) is 0. The fourth-order valence-corrected chi connectivity index (χ4v) is 8.05. The molecular formula is C52H36N2. The van der Waals surface area contributed by atoms with Crippen molar-refractivity contribution in [1.82, 2.24) is 4.57 Å². The van der Waals surface area contributed by atoms with Crippen molar-refractivity contribution < 1.29 is 0 Å². The van der Waals surface area contributed by atoms with E-state index in [0.29, 0.717) is 0 Å². The molecule has 0 saturated carbocycles. The lowest BCUT2D eigenvalue weighted by atomic mass is 9.98. The molecule has 0 saturated heterocycles. The monoisotopic (exact) mass is 688 g/mol. The minimum absolute atomic E-state index is 1.10. The summed E-state index contributed by atoms with van der Waals surface area (Å²) in [5.41, 5.74) is 14.1. The first-order chi connectivity index (χ1) is 26.8. The molecule has 9 aromatic carbocycles. The second kappa shape index (κ2) is 13.4. The predicted molar refractivity (Wildman–Crippen MR) is 229 cm³/mol. The zero-order valence-corrected chi connectivity index (χ0v) is 29.7. The van der Waals surface area contributed by atoms with Crippen molar-refractivity contribution in [3.05, 3.63) is 218 Å². The van der Waals surface area contributed by atoms with Gasteiger partial charge in [0, 0.05) is 33.2 Å². The molecule has 0 radical (unpaired) electrons. The van der Waals surface area contributed by atoms with Crippen LogP contribution in [0.1, 0.15) is 0 Å². The quantitative estimate of drug-likeness (QED) is 0.162. The summed E-state index contributed by atoms with van der Waals surface area (Å²) in [7, 11) is 0. The van der Waals surface area contributed by atoms with Gasteiger partial charge in [0.15, 0.2) is 0 Å². The molecule has 0 bridgehead atoms. The van der Waals surface area contributed by atoms with Gasteiger partial charge < -0.3 is 9.47 Å². The molecule has 1 aromatic heterocycles. The SMILES string of the molecule is c1ccc(-c2ccc(-c3ccc(N(c4cccc(-c5cccc6c5c5ccccc5n6-c5ccccc5)c4)c4cccc5ccccc45)cc3)cc2)cc1. The van der Waals surface area contributed by atoms with Crippen molar-refractivity contribution in [3.63, 3.8) is 0 Å². The normalized spacial score (nSPS) is 11.3. The maximum Gasteiger partial charge on any atom is 0.0547 e. The smallest absolute Gasteiger partial charge is 0.0547 e. The molecule has 10 aromatic rings. The van der Waals surface area contributed by atoms with Gasteiger partial charge in [0.1, 0.15) is 0 Å². The Morgan fingerprint density at radius 2 is 0.870 bits per heavy atom. The van der Waals surface area contributed by atoms with Crippen LogP contribution in [0.4, 0.5) is 17.1 Å². The van der Waals surface area contributed by atoms with E-state index in [1.165, 1.54) is 66.0 Å². The van der Waals surface area contributed by atoms with Crippen LogP contribution in [0.15, 0.2) is 218 Å². The van der Waals surface area contributed by atoms with Crippen LogP contribution in [0.2, 0.25) is 0 Å². The van der Waals surface area contributed by atoms with Crippen LogP contribution < -0.4 is 4.90 Å². The largest absolute Gasteiger partial charge is 0.310 e. The van der Waals surface area contributed by atoms with Crippen LogP contribution in [0.25, 0.3) is 71.6 Å². The van der Waals surface area contributed by atoms with E-state index in [9.17, 15) is 0 Å². The van der Waals surface area contributed by atoms with Gasteiger partial charge in [-0.3, -0.25) is 0 Å². The van der Waals surface area contributed by atoms with E-state index < -0.39 is 0 Å². The number of para-hydroxylation sites is 2. The van der Waals surface area contributed by atoms with E-state index >= 15 is 0 Å². The Labute approximate surface area is 315 Å². The van der Waals surface area contributed by atoms with Gasteiger partial charge in [-0.05, 0) is 93.4 Å². The van der Waals surface area contributed by atoms with Crippen molar-refractivity contribution in [2.24, 2.45) is 0 Å². The summed E-state index contributed by atoms with van der Waals surface area (Å²) >= 11 is 0. The van der Waals surface area contributed by atoms with E-state index in [1.807, 2.05) is 0 Å². The average molecular weight is 689 g/mol. The Morgan fingerprint density at radius 3 is 1.63 bits per heavy atom. The second-order valence-electron chi connectivity index (χ2n) is 13.8. The molecule has 0 spiro atoms. The van der Waals surface area contributed by atoms with Gasteiger partial charge in [-0.1, -0.05) is 164 Å².